The van der Waals surface area contributed by atoms with E-state index in [1.54, 1.807) is 12.1 Å². The molecule has 0 aliphatic rings. The summed E-state index contributed by atoms with van der Waals surface area (Å²) in [5, 5.41) is 2.30. The van der Waals surface area contributed by atoms with Crippen molar-refractivity contribution < 1.29 is 13.9 Å². The molecule has 3 aromatic rings. The lowest BCUT2D eigenvalue weighted by atomic mass is 10.1. The molecule has 0 aliphatic carbocycles. The monoisotopic (exact) mass is 252 g/mol. The standard InChI is InChI=1S/C16H12O3/c17-16(15-6-3-9-18-15)19-11-12-7-8-13-4-1-2-5-14(13)10-12/h1-10H,11H2. The van der Waals surface area contributed by atoms with E-state index in [0.717, 1.165) is 10.9 Å². The number of carbonyl (C=O) groups is 1. The van der Waals surface area contributed by atoms with Crippen molar-refractivity contribution in [2.45, 2.75) is 6.61 Å². The maximum atomic E-state index is 11.6. The van der Waals surface area contributed by atoms with Crippen molar-refractivity contribution in [1.82, 2.24) is 0 Å². The fourth-order valence-corrected chi connectivity index (χ4v) is 1.94. The molecule has 19 heavy (non-hydrogen) atoms. The summed E-state index contributed by atoms with van der Waals surface area (Å²) in [6.07, 6.45) is 1.45. The molecular formula is C16H12O3. The van der Waals surface area contributed by atoms with Gasteiger partial charge in [0.2, 0.25) is 5.76 Å². The lowest BCUT2D eigenvalue weighted by Gasteiger charge is -2.04. The average molecular weight is 252 g/mol. The third-order valence-electron chi connectivity index (χ3n) is 2.91. The predicted octanol–water partition coefficient (Wildman–Crippen LogP) is 3.79. The van der Waals surface area contributed by atoms with Crippen LogP contribution in [0.1, 0.15) is 16.1 Å². The lowest BCUT2D eigenvalue weighted by molar-refractivity contribution is 0.0436. The summed E-state index contributed by atoms with van der Waals surface area (Å²) in [5.41, 5.74) is 0.957. The van der Waals surface area contributed by atoms with Crippen molar-refractivity contribution in [2.24, 2.45) is 0 Å². The first-order valence-corrected chi connectivity index (χ1v) is 6.01. The largest absolute Gasteiger partial charge is 0.457 e. The predicted molar refractivity (Wildman–Crippen MR) is 71.8 cm³/mol. The molecule has 0 aliphatic heterocycles. The first-order chi connectivity index (χ1) is 9.33. The average Bonchev–Trinajstić information content (AvgIpc) is 2.99. The SMILES string of the molecule is O=C(OCc1ccc2ccccc2c1)c1ccco1. The van der Waals surface area contributed by atoms with Crippen LogP contribution in [0.2, 0.25) is 0 Å². The number of esters is 1. The molecule has 2 aromatic carbocycles. The molecule has 0 fully saturated rings. The number of hydrogen-bond acceptors (Lipinski definition) is 3. The van der Waals surface area contributed by atoms with Crippen LogP contribution in [0.3, 0.4) is 0 Å². The Morgan fingerprint density at radius 2 is 1.84 bits per heavy atom. The van der Waals surface area contributed by atoms with Crippen LogP contribution < -0.4 is 0 Å². The molecule has 0 bridgehead atoms. The highest BCUT2D eigenvalue weighted by atomic mass is 16.5. The number of fused-ring (bicyclic) bond motifs is 1. The van der Waals surface area contributed by atoms with Crippen LogP contribution in [0.25, 0.3) is 10.8 Å². The number of furan rings is 1. The summed E-state index contributed by atoms with van der Waals surface area (Å²) in [4.78, 5) is 11.6. The van der Waals surface area contributed by atoms with Crippen molar-refractivity contribution >= 4 is 16.7 Å². The summed E-state index contributed by atoms with van der Waals surface area (Å²) >= 11 is 0. The van der Waals surface area contributed by atoms with Gasteiger partial charge >= 0.3 is 5.97 Å². The number of ether oxygens (including phenoxy) is 1. The summed E-state index contributed by atoms with van der Waals surface area (Å²) < 4.78 is 10.2. The molecule has 0 amide bonds. The van der Waals surface area contributed by atoms with E-state index in [9.17, 15) is 4.79 Å². The maximum Gasteiger partial charge on any atom is 0.374 e. The Hall–Kier alpha value is -2.55. The fraction of sp³-hybridized carbons (Fsp3) is 0.0625. The molecule has 3 nitrogen and oxygen atoms in total. The van der Waals surface area contributed by atoms with Crippen LogP contribution in [-0.2, 0) is 11.3 Å². The zero-order valence-electron chi connectivity index (χ0n) is 10.2. The topological polar surface area (TPSA) is 39.4 Å². The van der Waals surface area contributed by atoms with Gasteiger partial charge in [0.25, 0.3) is 0 Å². The molecule has 0 unspecified atom stereocenters. The van der Waals surface area contributed by atoms with Crippen LogP contribution in [0.4, 0.5) is 0 Å². The lowest BCUT2D eigenvalue weighted by Crippen LogP contribution is -2.03. The molecule has 0 spiro atoms. The molecule has 1 aromatic heterocycles. The summed E-state index contributed by atoms with van der Waals surface area (Å²) in [7, 11) is 0. The highest BCUT2D eigenvalue weighted by Gasteiger charge is 2.09. The van der Waals surface area contributed by atoms with E-state index in [0.29, 0.717) is 0 Å². The van der Waals surface area contributed by atoms with Crippen LogP contribution in [0.15, 0.2) is 65.3 Å². The molecule has 3 rings (SSSR count). The molecule has 0 radical (unpaired) electrons. The Morgan fingerprint density at radius 1 is 1.00 bits per heavy atom. The molecule has 0 N–H and O–H groups in total. The second kappa shape index (κ2) is 4.98. The van der Waals surface area contributed by atoms with Gasteiger partial charge < -0.3 is 9.15 Å². The van der Waals surface area contributed by atoms with Gasteiger partial charge in [0, 0.05) is 0 Å². The number of carbonyl (C=O) groups excluding carboxylic acids is 1. The van der Waals surface area contributed by atoms with E-state index in [2.05, 4.69) is 0 Å². The van der Waals surface area contributed by atoms with E-state index in [-0.39, 0.29) is 12.4 Å². The van der Waals surface area contributed by atoms with E-state index in [1.165, 1.54) is 11.6 Å². The van der Waals surface area contributed by atoms with Gasteiger partial charge in [-0.1, -0.05) is 36.4 Å². The van der Waals surface area contributed by atoms with Gasteiger partial charge in [-0.3, -0.25) is 0 Å². The van der Waals surface area contributed by atoms with Gasteiger partial charge in [-0.15, -0.1) is 0 Å². The number of hydrogen-bond donors (Lipinski definition) is 0. The Morgan fingerprint density at radius 3 is 2.63 bits per heavy atom. The molecule has 0 atom stereocenters. The number of benzene rings is 2. The Labute approximate surface area is 110 Å². The van der Waals surface area contributed by atoms with Gasteiger partial charge in [0.1, 0.15) is 6.61 Å². The van der Waals surface area contributed by atoms with Gasteiger partial charge in [0.15, 0.2) is 0 Å². The maximum absolute atomic E-state index is 11.6. The quantitative estimate of drug-likeness (QED) is 0.666. The zero-order chi connectivity index (χ0) is 13.1. The third kappa shape index (κ3) is 2.50. The minimum absolute atomic E-state index is 0.223. The first kappa shape index (κ1) is 11.5. The third-order valence-corrected chi connectivity index (χ3v) is 2.91. The van der Waals surface area contributed by atoms with E-state index >= 15 is 0 Å². The van der Waals surface area contributed by atoms with E-state index < -0.39 is 5.97 Å². The minimum Gasteiger partial charge on any atom is -0.457 e. The Bertz CT molecular complexity index is 699. The smallest absolute Gasteiger partial charge is 0.374 e. The highest BCUT2D eigenvalue weighted by molar-refractivity contribution is 5.86. The Balaban J connectivity index is 1.73. The molecule has 3 heteroatoms. The molecule has 1 heterocycles. The van der Waals surface area contributed by atoms with Crippen LogP contribution >= 0.6 is 0 Å². The van der Waals surface area contributed by atoms with Gasteiger partial charge in [0.05, 0.1) is 6.26 Å². The normalized spacial score (nSPS) is 10.5. The minimum atomic E-state index is -0.446. The van der Waals surface area contributed by atoms with Crippen molar-refractivity contribution in [3.05, 3.63) is 72.2 Å². The zero-order valence-corrected chi connectivity index (χ0v) is 10.2. The van der Waals surface area contributed by atoms with Crippen LogP contribution in [0.5, 0.6) is 0 Å². The van der Waals surface area contributed by atoms with Gasteiger partial charge in [-0.25, -0.2) is 4.79 Å². The van der Waals surface area contributed by atoms with Crippen molar-refractivity contribution in [3.8, 4) is 0 Å². The molecular weight excluding hydrogens is 240 g/mol. The summed E-state index contributed by atoms with van der Waals surface area (Å²) in [6, 6.07) is 17.3. The molecule has 0 saturated carbocycles. The highest BCUT2D eigenvalue weighted by Crippen LogP contribution is 2.16. The molecule has 94 valence electrons. The van der Waals surface area contributed by atoms with Crippen molar-refractivity contribution in [2.75, 3.05) is 0 Å². The second-order valence-electron chi connectivity index (χ2n) is 4.23. The number of rotatable bonds is 3. The van der Waals surface area contributed by atoms with Crippen LogP contribution in [-0.4, -0.2) is 5.97 Å². The van der Waals surface area contributed by atoms with Crippen molar-refractivity contribution in [1.29, 1.82) is 0 Å². The summed E-state index contributed by atoms with van der Waals surface area (Å²) in [6.45, 7) is 0.240. The van der Waals surface area contributed by atoms with Crippen molar-refractivity contribution in [3.63, 3.8) is 0 Å². The van der Waals surface area contributed by atoms with Gasteiger partial charge in [-0.2, -0.15) is 0 Å². The molecule has 0 saturated heterocycles. The van der Waals surface area contributed by atoms with Crippen LogP contribution in [0, 0.1) is 0 Å². The fourth-order valence-electron chi connectivity index (χ4n) is 1.94. The van der Waals surface area contributed by atoms with E-state index in [1.807, 2.05) is 42.5 Å². The first-order valence-electron chi connectivity index (χ1n) is 6.01. The second-order valence-corrected chi connectivity index (χ2v) is 4.23. The van der Waals surface area contributed by atoms with Gasteiger partial charge in [-0.05, 0) is 34.5 Å². The summed E-state index contributed by atoms with van der Waals surface area (Å²) in [5.74, 6) is -0.223. The Kier molecular flexibility index (Phi) is 3.02. The van der Waals surface area contributed by atoms with E-state index in [4.69, 9.17) is 9.15 Å².